The Bertz CT molecular complexity index is 721. The number of rotatable bonds is 5. The summed E-state index contributed by atoms with van der Waals surface area (Å²) >= 11 is 0. The molecule has 25 heavy (non-hydrogen) atoms. The van der Waals surface area contributed by atoms with Crippen molar-refractivity contribution in [1.29, 1.82) is 0 Å². The molecule has 132 valence electrons. The molecule has 2 aromatic rings. The zero-order valence-electron chi connectivity index (χ0n) is 14.5. The number of aliphatic hydroxyl groups excluding tert-OH is 1. The van der Waals surface area contributed by atoms with Gasteiger partial charge in [0.05, 0.1) is 6.54 Å². The summed E-state index contributed by atoms with van der Waals surface area (Å²) in [5, 5.41) is 10.3. The Morgan fingerprint density at radius 1 is 1.28 bits per heavy atom. The predicted molar refractivity (Wildman–Crippen MR) is 95.6 cm³/mol. The van der Waals surface area contributed by atoms with Crippen LogP contribution in [0.3, 0.4) is 0 Å². The van der Waals surface area contributed by atoms with Gasteiger partial charge >= 0.3 is 0 Å². The van der Waals surface area contributed by atoms with E-state index in [1.165, 1.54) is 0 Å². The van der Waals surface area contributed by atoms with Crippen LogP contribution in [0.2, 0.25) is 0 Å². The highest BCUT2D eigenvalue weighted by atomic mass is 16.5. The molecule has 6 heteroatoms. The minimum atomic E-state index is -1.13. The van der Waals surface area contributed by atoms with Crippen molar-refractivity contribution in [3.63, 3.8) is 0 Å². The predicted octanol–water partition coefficient (Wildman–Crippen LogP) is 1.86. The zero-order valence-corrected chi connectivity index (χ0v) is 14.5. The molecular weight excluding hydrogens is 318 g/mol. The quantitative estimate of drug-likeness (QED) is 0.899. The van der Waals surface area contributed by atoms with Crippen molar-refractivity contribution < 1.29 is 14.6 Å². The first-order valence-corrected chi connectivity index (χ1v) is 8.37. The van der Waals surface area contributed by atoms with E-state index in [2.05, 4.69) is 4.98 Å². The standard InChI is InChI=1S/C19H23N3O3/c1-21(2)18-16(9-6-11-20-18)25-15-10-12-22(13-15)19(24)17(23)14-7-4-3-5-8-14/h3-9,11,15,17,23H,10,12-13H2,1-2H3/t15-,17-/m0/s1. The van der Waals surface area contributed by atoms with Gasteiger partial charge in [-0.05, 0) is 17.7 Å². The molecule has 6 nitrogen and oxygen atoms in total. The second kappa shape index (κ2) is 7.53. The highest BCUT2D eigenvalue weighted by Crippen LogP contribution is 2.27. The van der Waals surface area contributed by atoms with Gasteiger partial charge in [-0.2, -0.15) is 0 Å². The molecule has 0 bridgehead atoms. The van der Waals surface area contributed by atoms with Gasteiger partial charge in [0.2, 0.25) is 0 Å². The van der Waals surface area contributed by atoms with Gasteiger partial charge in [-0.25, -0.2) is 4.98 Å². The molecule has 1 N–H and O–H groups in total. The first-order valence-electron chi connectivity index (χ1n) is 8.37. The maximum atomic E-state index is 12.5. The number of aromatic nitrogens is 1. The van der Waals surface area contributed by atoms with Crippen molar-refractivity contribution in [2.45, 2.75) is 18.6 Å². The van der Waals surface area contributed by atoms with Crippen LogP contribution in [-0.2, 0) is 4.79 Å². The number of ether oxygens (including phenoxy) is 1. The van der Waals surface area contributed by atoms with E-state index in [1.54, 1.807) is 23.2 Å². The molecule has 1 amide bonds. The number of carbonyl (C=O) groups is 1. The van der Waals surface area contributed by atoms with Gasteiger partial charge in [0.25, 0.3) is 5.91 Å². The molecule has 0 aliphatic carbocycles. The van der Waals surface area contributed by atoms with E-state index in [1.807, 2.05) is 49.3 Å². The van der Waals surface area contributed by atoms with Crippen LogP contribution < -0.4 is 9.64 Å². The number of likely N-dealkylation sites (tertiary alicyclic amines) is 1. The third-order valence-electron chi connectivity index (χ3n) is 4.27. The Labute approximate surface area is 147 Å². The molecule has 1 aliphatic heterocycles. The molecule has 0 saturated carbocycles. The molecule has 0 unspecified atom stereocenters. The van der Waals surface area contributed by atoms with Crippen LogP contribution in [-0.4, -0.2) is 54.2 Å². The third-order valence-corrected chi connectivity index (χ3v) is 4.27. The Hall–Kier alpha value is -2.60. The van der Waals surface area contributed by atoms with Crippen molar-refractivity contribution in [3.05, 3.63) is 54.2 Å². The summed E-state index contributed by atoms with van der Waals surface area (Å²) in [7, 11) is 3.83. The number of aliphatic hydroxyl groups is 1. The van der Waals surface area contributed by atoms with Crippen LogP contribution in [0.5, 0.6) is 5.75 Å². The Balaban J connectivity index is 1.63. The minimum absolute atomic E-state index is 0.102. The maximum Gasteiger partial charge on any atom is 0.256 e. The summed E-state index contributed by atoms with van der Waals surface area (Å²) in [5.41, 5.74) is 0.610. The van der Waals surface area contributed by atoms with E-state index in [0.29, 0.717) is 24.4 Å². The van der Waals surface area contributed by atoms with Gasteiger partial charge in [0.1, 0.15) is 6.10 Å². The van der Waals surface area contributed by atoms with E-state index >= 15 is 0 Å². The van der Waals surface area contributed by atoms with Gasteiger partial charge in [0.15, 0.2) is 17.7 Å². The summed E-state index contributed by atoms with van der Waals surface area (Å²) in [6.45, 7) is 1.04. The van der Waals surface area contributed by atoms with Crippen molar-refractivity contribution in [2.75, 3.05) is 32.1 Å². The van der Waals surface area contributed by atoms with E-state index < -0.39 is 6.10 Å². The highest BCUT2D eigenvalue weighted by molar-refractivity contribution is 5.82. The lowest BCUT2D eigenvalue weighted by molar-refractivity contribution is -0.139. The van der Waals surface area contributed by atoms with Crippen molar-refractivity contribution in [2.24, 2.45) is 0 Å². The number of pyridine rings is 1. The van der Waals surface area contributed by atoms with E-state index in [4.69, 9.17) is 4.74 Å². The van der Waals surface area contributed by atoms with Gasteiger partial charge in [-0.3, -0.25) is 4.79 Å². The van der Waals surface area contributed by atoms with E-state index in [9.17, 15) is 9.90 Å². The van der Waals surface area contributed by atoms with Crippen molar-refractivity contribution in [1.82, 2.24) is 9.88 Å². The maximum absolute atomic E-state index is 12.5. The molecule has 1 aromatic heterocycles. The molecule has 2 heterocycles. The zero-order chi connectivity index (χ0) is 17.8. The Kier molecular flexibility index (Phi) is 5.19. The van der Waals surface area contributed by atoms with Crippen LogP contribution >= 0.6 is 0 Å². The average molecular weight is 341 g/mol. The number of nitrogens with zero attached hydrogens (tertiary/aromatic N) is 3. The molecule has 1 aliphatic rings. The molecule has 0 radical (unpaired) electrons. The SMILES string of the molecule is CN(C)c1ncccc1O[C@H]1CCN(C(=O)[C@@H](O)c2ccccc2)C1. The third kappa shape index (κ3) is 3.91. The van der Waals surface area contributed by atoms with Gasteiger partial charge in [-0.1, -0.05) is 30.3 Å². The van der Waals surface area contributed by atoms with Crippen LogP contribution in [0, 0.1) is 0 Å². The van der Waals surface area contributed by atoms with Crippen LogP contribution in [0.4, 0.5) is 5.82 Å². The Morgan fingerprint density at radius 3 is 2.76 bits per heavy atom. The molecule has 1 saturated heterocycles. The van der Waals surface area contributed by atoms with E-state index in [0.717, 1.165) is 12.2 Å². The number of benzene rings is 1. The largest absolute Gasteiger partial charge is 0.485 e. The minimum Gasteiger partial charge on any atom is -0.485 e. The summed E-state index contributed by atoms with van der Waals surface area (Å²) in [6, 6.07) is 12.7. The second-order valence-electron chi connectivity index (χ2n) is 6.35. The monoisotopic (exact) mass is 341 g/mol. The summed E-state index contributed by atoms with van der Waals surface area (Å²) < 4.78 is 6.05. The summed E-state index contributed by atoms with van der Waals surface area (Å²) in [5.74, 6) is 1.18. The van der Waals surface area contributed by atoms with Gasteiger partial charge in [0, 0.05) is 33.3 Å². The first kappa shape index (κ1) is 17.2. The molecule has 0 spiro atoms. The highest BCUT2D eigenvalue weighted by Gasteiger charge is 2.32. The second-order valence-corrected chi connectivity index (χ2v) is 6.35. The smallest absolute Gasteiger partial charge is 0.256 e. The lowest BCUT2D eigenvalue weighted by atomic mass is 10.1. The number of amides is 1. The molecule has 1 aromatic carbocycles. The summed E-state index contributed by atoms with van der Waals surface area (Å²) in [4.78, 5) is 20.4. The molecule has 3 rings (SSSR count). The van der Waals surface area contributed by atoms with Crippen LogP contribution in [0.25, 0.3) is 0 Å². The lowest BCUT2D eigenvalue weighted by Crippen LogP contribution is -2.34. The number of hydrogen-bond donors (Lipinski definition) is 1. The molecule has 1 fully saturated rings. The normalized spacial score (nSPS) is 18.0. The topological polar surface area (TPSA) is 65.9 Å². The fourth-order valence-corrected chi connectivity index (χ4v) is 2.97. The van der Waals surface area contributed by atoms with Gasteiger partial charge in [-0.15, -0.1) is 0 Å². The Morgan fingerprint density at radius 2 is 2.04 bits per heavy atom. The molecular formula is C19H23N3O3. The van der Waals surface area contributed by atoms with Crippen LogP contribution in [0.1, 0.15) is 18.1 Å². The van der Waals surface area contributed by atoms with Crippen LogP contribution in [0.15, 0.2) is 48.7 Å². The number of hydrogen-bond acceptors (Lipinski definition) is 5. The van der Waals surface area contributed by atoms with Crippen molar-refractivity contribution in [3.8, 4) is 5.75 Å². The van der Waals surface area contributed by atoms with E-state index in [-0.39, 0.29) is 12.0 Å². The number of anilines is 1. The average Bonchev–Trinajstić information content (AvgIpc) is 3.10. The first-order chi connectivity index (χ1) is 12.1. The van der Waals surface area contributed by atoms with Crippen molar-refractivity contribution >= 4 is 11.7 Å². The fourth-order valence-electron chi connectivity index (χ4n) is 2.97. The summed E-state index contributed by atoms with van der Waals surface area (Å²) in [6.07, 6.45) is 1.23. The number of carbonyl (C=O) groups excluding carboxylic acids is 1. The molecule has 2 atom stereocenters. The van der Waals surface area contributed by atoms with Gasteiger partial charge < -0.3 is 19.6 Å². The lowest BCUT2D eigenvalue weighted by Gasteiger charge is -2.22. The fraction of sp³-hybridized carbons (Fsp3) is 0.368.